The number of tetrazole rings is 1. The van der Waals surface area contributed by atoms with Crippen LogP contribution >= 0.6 is 0 Å². The van der Waals surface area contributed by atoms with Crippen LogP contribution < -0.4 is 0 Å². The number of rotatable bonds is 7. The predicted molar refractivity (Wildman–Crippen MR) is 64.8 cm³/mol. The second kappa shape index (κ2) is 5.46. The lowest BCUT2D eigenvalue weighted by Crippen LogP contribution is -2.23. The van der Waals surface area contributed by atoms with Crippen LogP contribution in [-0.2, 0) is 17.8 Å². The SMILES string of the molecule is CC(C)CC(Cn1nnnc1CC1CC1)C(=O)O. The van der Waals surface area contributed by atoms with Gasteiger partial charge in [0.15, 0.2) is 5.82 Å². The van der Waals surface area contributed by atoms with E-state index in [0.29, 0.717) is 24.8 Å². The first-order chi connectivity index (χ1) is 8.56. The zero-order valence-corrected chi connectivity index (χ0v) is 10.9. The topological polar surface area (TPSA) is 80.9 Å². The van der Waals surface area contributed by atoms with Gasteiger partial charge >= 0.3 is 5.97 Å². The van der Waals surface area contributed by atoms with E-state index in [1.807, 2.05) is 13.8 Å². The summed E-state index contributed by atoms with van der Waals surface area (Å²) in [5.41, 5.74) is 0. The second-order valence-electron chi connectivity index (χ2n) is 5.59. The van der Waals surface area contributed by atoms with Crippen molar-refractivity contribution in [3.8, 4) is 0 Å². The molecule has 1 unspecified atom stereocenters. The summed E-state index contributed by atoms with van der Waals surface area (Å²) >= 11 is 0. The van der Waals surface area contributed by atoms with Crippen molar-refractivity contribution >= 4 is 5.97 Å². The fraction of sp³-hybridized carbons (Fsp3) is 0.833. The van der Waals surface area contributed by atoms with Crippen molar-refractivity contribution in [2.75, 3.05) is 0 Å². The zero-order valence-electron chi connectivity index (χ0n) is 10.9. The highest BCUT2D eigenvalue weighted by Gasteiger charge is 2.26. The Balaban J connectivity index is 2.00. The summed E-state index contributed by atoms with van der Waals surface area (Å²) in [5, 5.41) is 20.8. The minimum Gasteiger partial charge on any atom is -0.481 e. The van der Waals surface area contributed by atoms with Gasteiger partial charge in [0.1, 0.15) is 0 Å². The number of carboxylic acids is 1. The van der Waals surface area contributed by atoms with Crippen molar-refractivity contribution in [1.29, 1.82) is 0 Å². The van der Waals surface area contributed by atoms with Crippen LogP contribution in [0.1, 0.15) is 38.9 Å². The van der Waals surface area contributed by atoms with Crippen LogP contribution in [0.15, 0.2) is 0 Å². The van der Waals surface area contributed by atoms with Crippen LogP contribution in [-0.4, -0.2) is 31.3 Å². The van der Waals surface area contributed by atoms with Gasteiger partial charge in [-0.15, -0.1) is 5.10 Å². The molecule has 1 aromatic rings. The first-order valence-corrected chi connectivity index (χ1v) is 6.54. The average Bonchev–Trinajstić information content (AvgIpc) is 2.98. The molecular weight excluding hydrogens is 232 g/mol. The van der Waals surface area contributed by atoms with E-state index < -0.39 is 11.9 Å². The Bertz CT molecular complexity index is 412. The van der Waals surface area contributed by atoms with Crippen molar-refractivity contribution in [3.63, 3.8) is 0 Å². The van der Waals surface area contributed by atoms with E-state index >= 15 is 0 Å². The molecule has 1 atom stereocenters. The van der Waals surface area contributed by atoms with Gasteiger partial charge in [0.25, 0.3) is 0 Å². The van der Waals surface area contributed by atoms with Crippen molar-refractivity contribution < 1.29 is 9.90 Å². The molecular formula is C12H20N4O2. The molecule has 1 fully saturated rings. The van der Waals surface area contributed by atoms with E-state index in [9.17, 15) is 9.90 Å². The van der Waals surface area contributed by atoms with Gasteiger partial charge in [-0.05, 0) is 41.5 Å². The molecule has 1 aliphatic carbocycles. The molecule has 6 nitrogen and oxygen atoms in total. The highest BCUT2D eigenvalue weighted by atomic mass is 16.4. The molecule has 1 aromatic heterocycles. The quantitative estimate of drug-likeness (QED) is 0.792. The normalized spacial score (nSPS) is 17.1. The average molecular weight is 252 g/mol. The van der Waals surface area contributed by atoms with Gasteiger partial charge in [-0.2, -0.15) is 0 Å². The number of hydrogen-bond donors (Lipinski definition) is 1. The molecule has 1 aliphatic rings. The van der Waals surface area contributed by atoms with Gasteiger partial charge < -0.3 is 5.11 Å². The molecule has 0 aliphatic heterocycles. The molecule has 6 heteroatoms. The summed E-state index contributed by atoms with van der Waals surface area (Å²) < 4.78 is 1.67. The third kappa shape index (κ3) is 3.51. The molecule has 18 heavy (non-hydrogen) atoms. The van der Waals surface area contributed by atoms with Crippen molar-refractivity contribution in [3.05, 3.63) is 5.82 Å². The third-order valence-electron chi connectivity index (χ3n) is 3.27. The van der Waals surface area contributed by atoms with Gasteiger partial charge in [0.2, 0.25) is 0 Å². The molecule has 0 radical (unpaired) electrons. The Labute approximate surface area is 106 Å². The predicted octanol–water partition coefficient (Wildman–Crippen LogP) is 1.37. The zero-order chi connectivity index (χ0) is 13.1. The molecule has 1 heterocycles. The van der Waals surface area contributed by atoms with Crippen LogP contribution in [0.4, 0.5) is 0 Å². The summed E-state index contributed by atoms with van der Waals surface area (Å²) in [4.78, 5) is 11.2. The molecule has 1 N–H and O–H groups in total. The smallest absolute Gasteiger partial charge is 0.308 e. The molecule has 0 bridgehead atoms. The molecule has 1 saturated carbocycles. The minimum absolute atomic E-state index is 0.356. The Hall–Kier alpha value is -1.46. The Kier molecular flexibility index (Phi) is 3.93. The maximum Gasteiger partial charge on any atom is 0.308 e. The first kappa shape index (κ1) is 13.0. The maximum atomic E-state index is 11.2. The summed E-state index contributed by atoms with van der Waals surface area (Å²) in [6.07, 6.45) is 4.00. The monoisotopic (exact) mass is 252 g/mol. The number of carbonyl (C=O) groups is 1. The third-order valence-corrected chi connectivity index (χ3v) is 3.27. The molecule has 2 rings (SSSR count). The number of aliphatic carboxylic acids is 1. The Morgan fingerprint density at radius 2 is 2.22 bits per heavy atom. The van der Waals surface area contributed by atoms with E-state index in [4.69, 9.17) is 0 Å². The van der Waals surface area contributed by atoms with Gasteiger partial charge in [-0.3, -0.25) is 4.79 Å². The summed E-state index contributed by atoms with van der Waals surface area (Å²) in [6.45, 7) is 4.43. The van der Waals surface area contributed by atoms with E-state index in [0.717, 1.165) is 12.2 Å². The van der Waals surface area contributed by atoms with Crippen LogP contribution in [0.3, 0.4) is 0 Å². The molecule has 0 spiro atoms. The summed E-state index contributed by atoms with van der Waals surface area (Å²) in [5.74, 6) is 0.702. The van der Waals surface area contributed by atoms with Gasteiger partial charge in [0, 0.05) is 6.42 Å². The number of carboxylic acid groups (broad SMARTS) is 1. The fourth-order valence-electron chi connectivity index (χ4n) is 2.12. The number of nitrogens with zero attached hydrogens (tertiary/aromatic N) is 4. The molecule has 0 saturated heterocycles. The lowest BCUT2D eigenvalue weighted by Gasteiger charge is -2.15. The minimum atomic E-state index is -0.767. The largest absolute Gasteiger partial charge is 0.481 e. The first-order valence-electron chi connectivity index (χ1n) is 6.54. The van der Waals surface area contributed by atoms with Gasteiger partial charge in [-0.1, -0.05) is 13.8 Å². The van der Waals surface area contributed by atoms with E-state index in [1.54, 1.807) is 4.68 Å². The van der Waals surface area contributed by atoms with Gasteiger partial charge in [-0.25, -0.2) is 4.68 Å². The fourth-order valence-corrected chi connectivity index (χ4v) is 2.12. The number of hydrogen-bond acceptors (Lipinski definition) is 4. The molecule has 0 aromatic carbocycles. The summed E-state index contributed by atoms with van der Waals surface area (Å²) in [7, 11) is 0. The highest BCUT2D eigenvalue weighted by molar-refractivity contribution is 5.69. The standard InChI is InChI=1S/C12H20N4O2/c1-8(2)5-10(12(17)18)7-16-11(13-14-15-16)6-9-3-4-9/h8-10H,3-7H2,1-2H3,(H,17,18). The highest BCUT2D eigenvalue weighted by Crippen LogP contribution is 2.31. The van der Waals surface area contributed by atoms with E-state index in [2.05, 4.69) is 15.5 Å². The molecule has 0 amide bonds. The van der Waals surface area contributed by atoms with Crippen LogP contribution in [0.25, 0.3) is 0 Å². The van der Waals surface area contributed by atoms with Crippen LogP contribution in [0, 0.1) is 17.8 Å². The van der Waals surface area contributed by atoms with Gasteiger partial charge in [0.05, 0.1) is 12.5 Å². The van der Waals surface area contributed by atoms with Crippen LogP contribution in [0.5, 0.6) is 0 Å². The Morgan fingerprint density at radius 1 is 1.50 bits per heavy atom. The maximum absolute atomic E-state index is 11.2. The Morgan fingerprint density at radius 3 is 2.78 bits per heavy atom. The number of aromatic nitrogens is 4. The van der Waals surface area contributed by atoms with Crippen molar-refractivity contribution in [2.45, 2.75) is 46.1 Å². The van der Waals surface area contributed by atoms with E-state index in [-0.39, 0.29) is 0 Å². The second-order valence-corrected chi connectivity index (χ2v) is 5.59. The van der Waals surface area contributed by atoms with E-state index in [1.165, 1.54) is 12.8 Å². The van der Waals surface area contributed by atoms with Crippen molar-refractivity contribution in [2.24, 2.45) is 17.8 Å². The van der Waals surface area contributed by atoms with Crippen molar-refractivity contribution in [1.82, 2.24) is 20.2 Å². The lowest BCUT2D eigenvalue weighted by molar-refractivity contribution is -0.142. The molecule has 100 valence electrons. The lowest BCUT2D eigenvalue weighted by atomic mass is 9.97. The summed E-state index contributed by atoms with van der Waals surface area (Å²) in [6, 6.07) is 0. The van der Waals surface area contributed by atoms with Crippen LogP contribution in [0.2, 0.25) is 0 Å².